The van der Waals surface area contributed by atoms with Gasteiger partial charge in [0.05, 0.1) is 0 Å². The van der Waals surface area contributed by atoms with Crippen molar-refractivity contribution in [1.82, 2.24) is 0 Å². The van der Waals surface area contributed by atoms with Gasteiger partial charge in [-0.15, -0.1) is 0 Å². The van der Waals surface area contributed by atoms with E-state index in [0.29, 0.717) is 0 Å². The molecule has 0 atom stereocenters. The van der Waals surface area contributed by atoms with Gasteiger partial charge in [-0.05, 0) is 0 Å². The molecule has 0 aliphatic rings. The molecule has 3 N–H and O–H groups in total. The summed E-state index contributed by atoms with van der Waals surface area (Å²) in [4.78, 5) is 9.25. The molecule has 0 amide bonds. The Morgan fingerprint density at radius 2 is 1.56 bits per heavy atom. The van der Waals surface area contributed by atoms with Gasteiger partial charge in [0.1, 0.15) is 0 Å². The van der Waals surface area contributed by atoms with Crippen LogP contribution in [0.4, 0.5) is 0 Å². The van der Waals surface area contributed by atoms with Crippen LogP contribution in [0.1, 0.15) is 0 Å². The Morgan fingerprint density at radius 1 is 1.44 bits per heavy atom. The molecule has 0 heterocycles. The number of aliphatic carboxylic acids is 1. The van der Waals surface area contributed by atoms with E-state index in [1.165, 1.54) is 0 Å². The van der Waals surface area contributed by atoms with Gasteiger partial charge in [0, 0.05) is 6.08 Å². The van der Waals surface area contributed by atoms with Crippen LogP contribution in [0, 0.1) is 0 Å². The summed E-state index contributed by atoms with van der Waals surface area (Å²) in [5.41, 5.74) is 0. The van der Waals surface area contributed by atoms with E-state index in [9.17, 15) is 4.79 Å². The summed E-state index contributed by atoms with van der Waals surface area (Å²) in [6.07, 6.45) is 0.833. The second kappa shape index (κ2) is 22.6. The van der Waals surface area contributed by atoms with Crippen LogP contribution in [0.2, 0.25) is 0 Å². The molecule has 0 saturated heterocycles. The van der Waals surface area contributed by atoms with E-state index in [0.717, 1.165) is 6.08 Å². The third-order valence-electron chi connectivity index (χ3n) is 0.175. The maximum atomic E-state index is 9.25. The van der Waals surface area contributed by atoms with E-state index >= 15 is 0 Å². The molecule has 0 aliphatic carbocycles. The number of hydrogen-bond donors (Lipinski definition) is 1. The van der Waals surface area contributed by atoms with Gasteiger partial charge in [-0.2, -0.15) is 0 Å². The molecule has 0 unspecified atom stereocenters. The summed E-state index contributed by atoms with van der Waals surface area (Å²) in [6.45, 7) is 2.96. The van der Waals surface area contributed by atoms with Gasteiger partial charge in [-0.1, -0.05) is 6.58 Å². The molecule has 0 aliphatic heterocycles. The van der Waals surface area contributed by atoms with E-state index in [-0.39, 0.29) is 91.9 Å². The second-order valence-corrected chi connectivity index (χ2v) is 0.542. The number of rotatable bonds is 1. The van der Waals surface area contributed by atoms with E-state index in [4.69, 9.17) is 5.11 Å². The fourth-order valence-electron chi connectivity index (χ4n) is 0. The van der Waals surface area contributed by atoms with Crippen LogP contribution in [0.3, 0.4) is 0 Å². The molecular formula is C3H6KNaO4. The summed E-state index contributed by atoms with van der Waals surface area (Å²) in [6, 6.07) is 0. The molecule has 0 aromatic rings. The van der Waals surface area contributed by atoms with Gasteiger partial charge in [0.2, 0.25) is 0 Å². The Labute approximate surface area is 118 Å². The summed E-state index contributed by atoms with van der Waals surface area (Å²) < 4.78 is 0. The fraction of sp³-hybridized carbons (Fsp3) is 0. The first kappa shape index (κ1) is 30.9. The Bertz CT molecular complexity index is 66.8. The Kier molecular flexibility index (Phi) is 77.5. The molecule has 0 rings (SSSR count). The Morgan fingerprint density at radius 3 is 1.56 bits per heavy atom. The van der Waals surface area contributed by atoms with Crippen molar-refractivity contribution in [3.63, 3.8) is 0 Å². The van der Waals surface area contributed by atoms with E-state index < -0.39 is 5.97 Å². The SMILES string of the molecule is C=CC(=O)O.[K+].[Na+].[OH-].[OH-]. The predicted molar refractivity (Wildman–Crippen MR) is 21.7 cm³/mol. The fourth-order valence-corrected chi connectivity index (χ4v) is 0. The Balaban J connectivity index is -0.0000000133. The predicted octanol–water partition coefficient (Wildman–Crippen LogP) is -6.09. The average molecular weight is 168 g/mol. The first-order valence-electron chi connectivity index (χ1n) is 1.12. The average Bonchev–Trinajstić information content (AvgIpc) is 1.38. The molecule has 0 radical (unpaired) electrons. The van der Waals surface area contributed by atoms with Crippen LogP contribution in [-0.4, -0.2) is 22.0 Å². The van der Waals surface area contributed by atoms with Crippen LogP contribution in [0.25, 0.3) is 0 Å². The van der Waals surface area contributed by atoms with Gasteiger partial charge in [-0.25, -0.2) is 4.79 Å². The van der Waals surface area contributed by atoms with Crippen LogP contribution >= 0.6 is 0 Å². The normalized spacial score (nSPS) is 3.56. The van der Waals surface area contributed by atoms with Crippen molar-refractivity contribution in [3.05, 3.63) is 12.7 Å². The minimum atomic E-state index is -0.981. The van der Waals surface area contributed by atoms with Crippen LogP contribution in [-0.2, 0) is 4.79 Å². The summed E-state index contributed by atoms with van der Waals surface area (Å²) in [5.74, 6) is -0.981. The summed E-state index contributed by atoms with van der Waals surface area (Å²) in [5, 5.41) is 7.60. The zero-order chi connectivity index (χ0) is 4.28. The standard InChI is InChI=1S/C3H4O2.K.Na.2H2O/c1-2-3(4)5;;;;/h2H,1H2,(H,4,5);;;2*1H2/q;2*+1;;/p-2. The van der Waals surface area contributed by atoms with Crippen LogP contribution in [0.5, 0.6) is 0 Å². The number of hydrogen-bond acceptors (Lipinski definition) is 3. The molecule has 0 saturated carbocycles. The minimum Gasteiger partial charge on any atom is -0.870 e. The van der Waals surface area contributed by atoms with Crippen molar-refractivity contribution < 1.29 is 102 Å². The molecule has 4 nitrogen and oxygen atoms in total. The number of carboxylic acid groups (broad SMARTS) is 1. The van der Waals surface area contributed by atoms with Crippen LogP contribution in [0.15, 0.2) is 12.7 Å². The molecular weight excluding hydrogens is 162 g/mol. The summed E-state index contributed by atoms with van der Waals surface area (Å²) >= 11 is 0. The van der Waals surface area contributed by atoms with Crippen LogP contribution < -0.4 is 80.9 Å². The number of carbonyl (C=O) groups is 1. The van der Waals surface area contributed by atoms with Crippen molar-refractivity contribution in [1.29, 1.82) is 0 Å². The van der Waals surface area contributed by atoms with E-state index in [1.807, 2.05) is 0 Å². The monoisotopic (exact) mass is 168 g/mol. The first-order valence-corrected chi connectivity index (χ1v) is 1.12. The molecule has 0 fully saturated rings. The Hall–Kier alpha value is 1.77. The molecule has 44 valence electrons. The second-order valence-electron chi connectivity index (χ2n) is 0.542. The third kappa shape index (κ3) is 41.5. The molecule has 6 heteroatoms. The van der Waals surface area contributed by atoms with Gasteiger partial charge < -0.3 is 16.1 Å². The van der Waals surface area contributed by atoms with Crippen molar-refractivity contribution in [2.75, 3.05) is 0 Å². The van der Waals surface area contributed by atoms with Crippen molar-refractivity contribution >= 4 is 5.97 Å². The smallest absolute Gasteiger partial charge is 0.870 e. The van der Waals surface area contributed by atoms with Gasteiger partial charge in [0.15, 0.2) is 0 Å². The van der Waals surface area contributed by atoms with Gasteiger partial charge in [0.25, 0.3) is 0 Å². The molecule has 0 spiro atoms. The molecule has 0 aromatic carbocycles. The summed E-state index contributed by atoms with van der Waals surface area (Å²) in [7, 11) is 0. The molecule has 0 bridgehead atoms. The van der Waals surface area contributed by atoms with Gasteiger partial charge >= 0.3 is 86.9 Å². The van der Waals surface area contributed by atoms with Crippen molar-refractivity contribution in [2.24, 2.45) is 0 Å². The number of carboxylic acids is 1. The zero-order valence-electron chi connectivity index (χ0n) is 5.53. The quantitative estimate of drug-likeness (QED) is 0.311. The minimum absolute atomic E-state index is 0. The maximum Gasteiger partial charge on any atom is 1.00 e. The molecule has 0 aromatic heterocycles. The van der Waals surface area contributed by atoms with E-state index in [1.54, 1.807) is 0 Å². The van der Waals surface area contributed by atoms with E-state index in [2.05, 4.69) is 6.58 Å². The van der Waals surface area contributed by atoms with Crippen molar-refractivity contribution in [3.8, 4) is 0 Å². The molecule has 9 heavy (non-hydrogen) atoms. The maximum absolute atomic E-state index is 9.25. The largest absolute Gasteiger partial charge is 1.00 e. The van der Waals surface area contributed by atoms with Gasteiger partial charge in [-0.3, -0.25) is 0 Å². The first-order chi connectivity index (χ1) is 2.27. The third-order valence-corrected chi connectivity index (χ3v) is 0.175. The topological polar surface area (TPSA) is 97.3 Å². The van der Waals surface area contributed by atoms with Crippen molar-refractivity contribution in [2.45, 2.75) is 0 Å². The zero-order valence-corrected chi connectivity index (χ0v) is 10.7.